The van der Waals surface area contributed by atoms with E-state index in [4.69, 9.17) is 0 Å². The quantitative estimate of drug-likeness (QED) is 0.192. The Balaban J connectivity index is 1.28. The van der Waals surface area contributed by atoms with Gasteiger partial charge in [0.25, 0.3) is 0 Å². The molecule has 2 atom stereocenters. The molecule has 1 aliphatic heterocycles. The molecular weight excluding hydrogens is 530 g/mol. The molecule has 0 bridgehead atoms. The van der Waals surface area contributed by atoms with Gasteiger partial charge in [0, 0.05) is 16.8 Å². The number of benzene rings is 7. The summed E-state index contributed by atoms with van der Waals surface area (Å²) in [6.07, 6.45) is 2.34. The SMILES string of the molecule is CC1(C)CC2(C)c3cc(-c4ccc5ccc6c(-c7ccccc7)ccc7ccc4c5c76)ccc3N(c3ccccc3)C2(C)C1. The van der Waals surface area contributed by atoms with Gasteiger partial charge in [-0.3, -0.25) is 0 Å². The topological polar surface area (TPSA) is 3.24 Å². The van der Waals surface area contributed by atoms with Crippen LogP contribution in [0.15, 0.2) is 127 Å². The van der Waals surface area contributed by atoms with Crippen LogP contribution in [-0.2, 0) is 5.41 Å². The van der Waals surface area contributed by atoms with Crippen LogP contribution in [0.25, 0.3) is 54.6 Å². The molecule has 2 unspecified atom stereocenters. The molecule has 7 aromatic carbocycles. The predicted molar refractivity (Wildman–Crippen MR) is 188 cm³/mol. The first-order valence-corrected chi connectivity index (χ1v) is 16.0. The van der Waals surface area contributed by atoms with Crippen molar-refractivity contribution in [1.29, 1.82) is 0 Å². The van der Waals surface area contributed by atoms with Crippen molar-refractivity contribution in [1.82, 2.24) is 0 Å². The molecule has 0 amide bonds. The smallest absolute Gasteiger partial charge is 0.0523 e. The van der Waals surface area contributed by atoms with Crippen molar-refractivity contribution in [3.63, 3.8) is 0 Å². The summed E-state index contributed by atoms with van der Waals surface area (Å²) in [5, 5.41) is 8.02. The van der Waals surface area contributed by atoms with E-state index in [2.05, 4.69) is 160 Å². The van der Waals surface area contributed by atoms with Crippen LogP contribution in [0, 0.1) is 5.41 Å². The molecule has 0 N–H and O–H groups in total. The van der Waals surface area contributed by atoms with Gasteiger partial charge in [-0.15, -0.1) is 0 Å². The molecule has 1 saturated carbocycles. The summed E-state index contributed by atoms with van der Waals surface area (Å²) in [7, 11) is 0. The predicted octanol–water partition coefficient (Wildman–Crippen LogP) is 11.9. The highest BCUT2D eigenvalue weighted by molar-refractivity contribution is 6.27. The van der Waals surface area contributed by atoms with Gasteiger partial charge in [-0.25, -0.2) is 0 Å². The fourth-order valence-electron chi connectivity index (χ4n) is 9.58. The maximum Gasteiger partial charge on any atom is 0.0523 e. The van der Waals surface area contributed by atoms with Gasteiger partial charge in [0.1, 0.15) is 0 Å². The van der Waals surface area contributed by atoms with Crippen LogP contribution in [0.3, 0.4) is 0 Å². The maximum absolute atomic E-state index is 2.66. The molecule has 0 saturated heterocycles. The van der Waals surface area contributed by atoms with Crippen molar-refractivity contribution in [3.8, 4) is 22.3 Å². The van der Waals surface area contributed by atoms with Crippen molar-refractivity contribution in [2.75, 3.05) is 4.90 Å². The summed E-state index contributed by atoms with van der Waals surface area (Å²) in [4.78, 5) is 2.66. The minimum absolute atomic E-state index is 0.00923. The van der Waals surface area contributed by atoms with Crippen LogP contribution >= 0.6 is 0 Å². The second-order valence-corrected chi connectivity index (χ2v) is 14.5. The van der Waals surface area contributed by atoms with Crippen molar-refractivity contribution in [2.45, 2.75) is 51.5 Å². The Morgan fingerprint density at radius 1 is 0.523 bits per heavy atom. The second-order valence-electron chi connectivity index (χ2n) is 14.5. The normalized spacial score (nSPS) is 22.2. The van der Waals surface area contributed by atoms with Crippen molar-refractivity contribution >= 4 is 43.7 Å². The molecular formula is C43H37N. The van der Waals surface area contributed by atoms with Gasteiger partial charge < -0.3 is 4.90 Å². The van der Waals surface area contributed by atoms with Crippen LogP contribution in [0.4, 0.5) is 11.4 Å². The van der Waals surface area contributed by atoms with Crippen LogP contribution in [0.5, 0.6) is 0 Å². The first-order valence-electron chi connectivity index (χ1n) is 16.0. The van der Waals surface area contributed by atoms with E-state index in [1.807, 2.05) is 0 Å². The minimum atomic E-state index is 0.00923. The summed E-state index contributed by atoms with van der Waals surface area (Å²) in [6, 6.07) is 47.8. The molecule has 0 radical (unpaired) electrons. The van der Waals surface area contributed by atoms with Gasteiger partial charge in [-0.05, 0) is 110 Å². The van der Waals surface area contributed by atoms with Crippen molar-refractivity contribution in [2.24, 2.45) is 5.41 Å². The van der Waals surface area contributed by atoms with E-state index in [0.717, 1.165) is 6.42 Å². The molecule has 1 nitrogen and oxygen atoms in total. The number of anilines is 2. The van der Waals surface area contributed by atoms with E-state index in [-0.39, 0.29) is 16.4 Å². The van der Waals surface area contributed by atoms with Crippen molar-refractivity contribution < 1.29 is 0 Å². The van der Waals surface area contributed by atoms with E-state index >= 15 is 0 Å². The molecule has 1 aliphatic carbocycles. The zero-order valence-corrected chi connectivity index (χ0v) is 26.0. The van der Waals surface area contributed by atoms with Gasteiger partial charge in [0.15, 0.2) is 0 Å². The third-order valence-corrected chi connectivity index (χ3v) is 11.2. The van der Waals surface area contributed by atoms with Crippen LogP contribution in [0.1, 0.15) is 46.1 Å². The molecule has 7 aromatic rings. The Morgan fingerprint density at radius 3 is 1.73 bits per heavy atom. The summed E-state index contributed by atoms with van der Waals surface area (Å²) in [6.45, 7) is 9.95. The number of rotatable bonds is 3. The average molecular weight is 568 g/mol. The number of fused-ring (bicyclic) bond motifs is 3. The van der Waals surface area contributed by atoms with Gasteiger partial charge in [-0.1, -0.05) is 124 Å². The molecule has 9 rings (SSSR count). The van der Waals surface area contributed by atoms with E-state index in [1.54, 1.807) is 0 Å². The lowest BCUT2D eigenvalue weighted by atomic mass is 9.71. The van der Waals surface area contributed by atoms with Gasteiger partial charge in [-0.2, -0.15) is 0 Å². The molecule has 44 heavy (non-hydrogen) atoms. The molecule has 0 aromatic heterocycles. The number of hydrogen-bond donors (Lipinski definition) is 0. The van der Waals surface area contributed by atoms with Crippen LogP contribution < -0.4 is 4.90 Å². The summed E-state index contributed by atoms with van der Waals surface area (Å²) in [5.74, 6) is 0. The average Bonchev–Trinajstić information content (AvgIpc) is 3.34. The number of para-hydroxylation sites is 1. The fourth-order valence-corrected chi connectivity index (χ4v) is 9.58. The Hall–Kier alpha value is -4.62. The molecule has 1 fully saturated rings. The van der Waals surface area contributed by atoms with Gasteiger partial charge in [0.2, 0.25) is 0 Å². The van der Waals surface area contributed by atoms with Crippen molar-refractivity contribution in [3.05, 3.63) is 133 Å². The van der Waals surface area contributed by atoms with E-state index in [1.165, 1.54) is 77.9 Å². The fraction of sp³-hybridized carbons (Fsp3) is 0.209. The zero-order valence-electron chi connectivity index (χ0n) is 26.0. The Labute approximate surface area is 260 Å². The molecule has 214 valence electrons. The molecule has 0 spiro atoms. The van der Waals surface area contributed by atoms with Crippen LogP contribution in [-0.4, -0.2) is 5.54 Å². The number of hydrogen-bond acceptors (Lipinski definition) is 1. The molecule has 1 heteroatoms. The maximum atomic E-state index is 2.66. The standard InChI is InChI=1S/C43H37N/c1-41(2)26-42(3)37-25-31(19-24-38(37)44(43(42,4)27-41)32-13-9-6-10-14-32)34-21-16-30-17-22-35-33(28-11-7-5-8-12-28)20-15-29-18-23-36(34)40(30)39(29)35/h5-25H,26-27H2,1-4H3. The third kappa shape index (κ3) is 3.36. The Kier molecular flexibility index (Phi) is 5.13. The molecule has 2 aliphatic rings. The van der Waals surface area contributed by atoms with E-state index in [0.29, 0.717) is 0 Å². The van der Waals surface area contributed by atoms with E-state index < -0.39 is 0 Å². The second kappa shape index (κ2) is 8.73. The Bertz CT molecular complexity index is 2230. The lowest BCUT2D eigenvalue weighted by Crippen LogP contribution is -2.49. The summed E-state index contributed by atoms with van der Waals surface area (Å²) < 4.78 is 0. The minimum Gasteiger partial charge on any atom is -0.334 e. The first kappa shape index (κ1) is 25.8. The number of nitrogens with zero attached hydrogens (tertiary/aromatic N) is 1. The highest BCUT2D eigenvalue weighted by atomic mass is 15.3. The first-order chi connectivity index (χ1) is 21.3. The zero-order chi connectivity index (χ0) is 29.8. The van der Waals surface area contributed by atoms with Crippen LogP contribution in [0.2, 0.25) is 0 Å². The van der Waals surface area contributed by atoms with E-state index in [9.17, 15) is 0 Å². The summed E-state index contributed by atoms with van der Waals surface area (Å²) in [5.41, 5.74) is 9.68. The summed E-state index contributed by atoms with van der Waals surface area (Å²) >= 11 is 0. The van der Waals surface area contributed by atoms with Gasteiger partial charge in [0.05, 0.1) is 5.54 Å². The Morgan fingerprint density at radius 2 is 1.09 bits per heavy atom. The monoisotopic (exact) mass is 567 g/mol. The highest BCUT2D eigenvalue weighted by Crippen LogP contribution is 2.67. The molecule has 1 heterocycles. The largest absolute Gasteiger partial charge is 0.334 e. The third-order valence-electron chi connectivity index (χ3n) is 11.2. The van der Waals surface area contributed by atoms with Gasteiger partial charge >= 0.3 is 0 Å². The lowest BCUT2D eigenvalue weighted by molar-refractivity contribution is 0.330. The highest BCUT2D eigenvalue weighted by Gasteiger charge is 2.64. The lowest BCUT2D eigenvalue weighted by Gasteiger charge is -2.42.